The minimum Gasteiger partial charge on any atom is -0.494 e. The number of hydrogen-bond acceptors (Lipinski definition) is 3. The molecule has 0 aliphatic heterocycles. The Hall–Kier alpha value is -3.11. The van der Waals surface area contributed by atoms with Gasteiger partial charge >= 0.3 is 0 Å². The highest BCUT2D eigenvalue weighted by Crippen LogP contribution is 2.31. The van der Waals surface area contributed by atoms with E-state index >= 15 is 0 Å². The number of aromatic nitrogens is 2. The Morgan fingerprint density at radius 3 is 2.50 bits per heavy atom. The van der Waals surface area contributed by atoms with E-state index in [0.717, 1.165) is 59.5 Å². The largest absolute Gasteiger partial charge is 0.494 e. The molecule has 0 bridgehead atoms. The average molecular weight is 401 g/mol. The second-order valence-electron chi connectivity index (χ2n) is 7.61. The number of rotatable bonds is 9. The molecule has 0 aliphatic carbocycles. The first-order chi connectivity index (χ1) is 14.8. The first-order valence-corrected chi connectivity index (χ1v) is 10.6. The summed E-state index contributed by atoms with van der Waals surface area (Å²) in [6.45, 7) is 3.05. The van der Waals surface area contributed by atoms with Crippen LogP contribution in [0.4, 0.5) is 0 Å². The Kier molecular flexibility index (Phi) is 6.45. The highest BCUT2D eigenvalue weighted by Gasteiger charge is 2.15. The van der Waals surface area contributed by atoms with Gasteiger partial charge in [0.25, 0.3) is 0 Å². The fourth-order valence-corrected chi connectivity index (χ4v) is 3.72. The minimum absolute atomic E-state index is 0.268. The first-order valence-electron chi connectivity index (χ1n) is 10.6. The predicted molar refractivity (Wildman–Crippen MR) is 122 cm³/mol. The zero-order chi connectivity index (χ0) is 20.8. The quantitative estimate of drug-likeness (QED) is 0.354. The molecule has 1 aromatic heterocycles. The van der Waals surface area contributed by atoms with Crippen molar-refractivity contribution in [1.82, 2.24) is 9.55 Å². The molecule has 4 rings (SSSR count). The van der Waals surface area contributed by atoms with Gasteiger partial charge in [0.1, 0.15) is 11.6 Å². The summed E-state index contributed by atoms with van der Waals surface area (Å²) in [5.74, 6) is 1.79. The van der Waals surface area contributed by atoms with Crippen LogP contribution < -0.4 is 4.74 Å². The van der Waals surface area contributed by atoms with Crippen LogP contribution in [0.15, 0.2) is 72.8 Å². The maximum atomic E-state index is 8.88. The van der Waals surface area contributed by atoms with Gasteiger partial charge in [0.2, 0.25) is 0 Å². The number of imidazole rings is 1. The van der Waals surface area contributed by atoms with Gasteiger partial charge in [-0.2, -0.15) is 0 Å². The van der Waals surface area contributed by atoms with Gasteiger partial charge in [0.05, 0.1) is 17.6 Å². The van der Waals surface area contributed by atoms with E-state index in [2.05, 4.69) is 54.0 Å². The van der Waals surface area contributed by atoms with Crippen LogP contribution in [-0.2, 0) is 0 Å². The fourth-order valence-electron chi connectivity index (χ4n) is 3.72. The number of aliphatic hydroxyl groups is 1. The van der Waals surface area contributed by atoms with Crippen LogP contribution in [0.2, 0.25) is 0 Å². The van der Waals surface area contributed by atoms with Crippen molar-refractivity contribution in [2.24, 2.45) is 0 Å². The molecule has 154 valence electrons. The lowest BCUT2D eigenvalue weighted by molar-refractivity contribution is 0.273. The van der Waals surface area contributed by atoms with Gasteiger partial charge in [-0.3, -0.25) is 4.57 Å². The Labute approximate surface area is 177 Å². The summed E-state index contributed by atoms with van der Waals surface area (Å²) in [6, 6.07) is 24.9. The third-order valence-electron chi connectivity index (χ3n) is 5.24. The highest BCUT2D eigenvalue weighted by atomic mass is 16.5. The molecule has 0 fully saturated rings. The van der Waals surface area contributed by atoms with E-state index in [-0.39, 0.29) is 6.61 Å². The number of aryl methyl sites for hydroxylation is 1. The van der Waals surface area contributed by atoms with Crippen molar-refractivity contribution >= 4 is 11.0 Å². The number of unbranched alkanes of at least 4 members (excludes halogenated alkanes) is 3. The van der Waals surface area contributed by atoms with Crippen LogP contribution >= 0.6 is 0 Å². The smallest absolute Gasteiger partial charge is 0.145 e. The van der Waals surface area contributed by atoms with Crippen LogP contribution in [0.5, 0.6) is 5.75 Å². The first kappa shape index (κ1) is 20.2. The van der Waals surface area contributed by atoms with E-state index in [1.165, 1.54) is 5.56 Å². The topological polar surface area (TPSA) is 47.3 Å². The number of para-hydroxylation sites is 1. The van der Waals surface area contributed by atoms with E-state index in [0.29, 0.717) is 6.61 Å². The molecular weight excluding hydrogens is 372 g/mol. The van der Waals surface area contributed by atoms with Gasteiger partial charge in [0, 0.05) is 23.9 Å². The Morgan fingerprint density at radius 1 is 0.867 bits per heavy atom. The van der Waals surface area contributed by atoms with E-state index in [4.69, 9.17) is 14.8 Å². The van der Waals surface area contributed by atoms with Crippen LogP contribution in [0.25, 0.3) is 28.1 Å². The Morgan fingerprint density at radius 2 is 1.70 bits per heavy atom. The number of benzene rings is 3. The molecule has 0 atom stereocenters. The molecule has 0 unspecified atom stereocenters. The molecule has 4 nitrogen and oxygen atoms in total. The molecule has 1 heterocycles. The van der Waals surface area contributed by atoms with Gasteiger partial charge in [-0.25, -0.2) is 4.98 Å². The summed E-state index contributed by atoms with van der Waals surface area (Å²) in [6.07, 6.45) is 3.97. The molecular formula is C26H28N2O2. The summed E-state index contributed by atoms with van der Waals surface area (Å²) < 4.78 is 8.22. The van der Waals surface area contributed by atoms with E-state index in [9.17, 15) is 0 Å². The second kappa shape index (κ2) is 9.59. The van der Waals surface area contributed by atoms with E-state index in [1.807, 2.05) is 30.3 Å². The van der Waals surface area contributed by atoms with Gasteiger partial charge < -0.3 is 9.84 Å². The lowest BCUT2D eigenvalue weighted by Crippen LogP contribution is -1.99. The molecule has 4 aromatic rings. The fraction of sp³-hybridized carbons (Fsp3) is 0.269. The molecule has 1 N–H and O–H groups in total. The minimum atomic E-state index is 0.268. The monoisotopic (exact) mass is 400 g/mol. The average Bonchev–Trinajstić information content (AvgIpc) is 3.15. The van der Waals surface area contributed by atoms with Crippen molar-refractivity contribution in [1.29, 1.82) is 0 Å². The molecule has 4 heteroatoms. The summed E-state index contributed by atoms with van der Waals surface area (Å²) >= 11 is 0. The molecule has 0 amide bonds. The third kappa shape index (κ3) is 4.55. The summed E-state index contributed by atoms with van der Waals surface area (Å²) in [5.41, 5.74) is 5.38. The Bertz CT molecular complexity index is 1100. The van der Waals surface area contributed by atoms with Crippen LogP contribution in [-0.4, -0.2) is 27.9 Å². The summed E-state index contributed by atoms with van der Waals surface area (Å²) in [5, 5.41) is 8.88. The lowest BCUT2D eigenvalue weighted by Gasteiger charge is -2.11. The van der Waals surface area contributed by atoms with Gasteiger partial charge in [-0.15, -0.1) is 0 Å². The van der Waals surface area contributed by atoms with Crippen LogP contribution in [0.1, 0.15) is 31.2 Å². The van der Waals surface area contributed by atoms with Gasteiger partial charge in [-0.1, -0.05) is 48.4 Å². The molecule has 0 saturated carbocycles. The molecule has 3 aromatic carbocycles. The second-order valence-corrected chi connectivity index (χ2v) is 7.61. The predicted octanol–water partition coefficient (Wildman–Crippen LogP) is 5.93. The summed E-state index contributed by atoms with van der Waals surface area (Å²) in [7, 11) is 0. The maximum Gasteiger partial charge on any atom is 0.145 e. The van der Waals surface area contributed by atoms with Crippen molar-refractivity contribution < 1.29 is 9.84 Å². The number of hydrogen-bond donors (Lipinski definition) is 1. The van der Waals surface area contributed by atoms with Crippen LogP contribution in [0.3, 0.4) is 0 Å². The van der Waals surface area contributed by atoms with Crippen molar-refractivity contribution in [3.8, 4) is 22.8 Å². The lowest BCUT2D eigenvalue weighted by atomic mass is 10.1. The maximum absolute atomic E-state index is 8.88. The number of ether oxygens (including phenoxy) is 1. The Balaban J connectivity index is 1.68. The molecule has 0 saturated heterocycles. The normalized spacial score (nSPS) is 11.1. The standard InChI is InChI=1S/C26H28N2O2/c1-20-10-9-11-21(18-20)26-27-24-15-14-23(30-17-8-3-2-7-16-29)19-25(24)28(26)22-12-5-4-6-13-22/h4-6,9-15,18-19,29H,2-3,7-8,16-17H2,1H3. The molecule has 0 spiro atoms. The zero-order valence-electron chi connectivity index (χ0n) is 17.4. The van der Waals surface area contributed by atoms with Gasteiger partial charge in [-0.05, 0) is 56.5 Å². The molecule has 0 aliphatic rings. The van der Waals surface area contributed by atoms with E-state index in [1.54, 1.807) is 0 Å². The number of aliphatic hydroxyl groups excluding tert-OH is 1. The van der Waals surface area contributed by atoms with Crippen molar-refractivity contribution in [3.05, 3.63) is 78.4 Å². The summed E-state index contributed by atoms with van der Waals surface area (Å²) in [4.78, 5) is 4.96. The van der Waals surface area contributed by atoms with Crippen molar-refractivity contribution in [3.63, 3.8) is 0 Å². The number of nitrogens with zero attached hydrogens (tertiary/aromatic N) is 2. The van der Waals surface area contributed by atoms with Crippen molar-refractivity contribution in [2.75, 3.05) is 13.2 Å². The molecule has 30 heavy (non-hydrogen) atoms. The SMILES string of the molecule is Cc1cccc(-c2nc3ccc(OCCCCCCO)cc3n2-c2ccccc2)c1. The zero-order valence-corrected chi connectivity index (χ0v) is 17.4. The van der Waals surface area contributed by atoms with Crippen LogP contribution in [0, 0.1) is 6.92 Å². The molecule has 0 radical (unpaired) electrons. The highest BCUT2D eigenvalue weighted by molar-refractivity contribution is 5.84. The number of fused-ring (bicyclic) bond motifs is 1. The van der Waals surface area contributed by atoms with Gasteiger partial charge in [0.15, 0.2) is 0 Å². The van der Waals surface area contributed by atoms with E-state index < -0.39 is 0 Å². The van der Waals surface area contributed by atoms with Crippen molar-refractivity contribution in [2.45, 2.75) is 32.6 Å². The third-order valence-corrected chi connectivity index (χ3v) is 5.24.